The van der Waals surface area contributed by atoms with Gasteiger partial charge in [0.15, 0.2) is 0 Å². The summed E-state index contributed by atoms with van der Waals surface area (Å²) in [5.74, 6) is 2.21. The molecule has 1 heterocycles. The van der Waals surface area contributed by atoms with Crippen molar-refractivity contribution in [2.75, 3.05) is 13.7 Å². The van der Waals surface area contributed by atoms with Crippen molar-refractivity contribution in [1.82, 2.24) is 0 Å². The van der Waals surface area contributed by atoms with Gasteiger partial charge in [0.1, 0.15) is 22.8 Å². The molecule has 0 atom stereocenters. The summed E-state index contributed by atoms with van der Waals surface area (Å²) in [4.78, 5) is 4.80. The first-order valence-electron chi connectivity index (χ1n) is 9.41. The molecule has 0 fully saturated rings. The minimum absolute atomic E-state index is 0.525. The second kappa shape index (κ2) is 8.82. The molecule has 0 saturated heterocycles. The molecule has 4 aromatic rings. The highest BCUT2D eigenvalue weighted by molar-refractivity contribution is 6.35. The summed E-state index contributed by atoms with van der Waals surface area (Å²) >= 11 is 12.3. The fraction of sp³-hybridized carbons (Fsp3) is 0.125. The average molecular weight is 440 g/mol. The minimum atomic E-state index is 0.525. The first-order valence-corrected chi connectivity index (χ1v) is 10.2. The molecule has 0 radical (unpaired) electrons. The largest absolute Gasteiger partial charge is 0.497 e. The van der Waals surface area contributed by atoms with E-state index in [1.807, 2.05) is 55.5 Å². The van der Waals surface area contributed by atoms with Crippen LogP contribution in [0.3, 0.4) is 0 Å². The molecule has 4 rings (SSSR count). The van der Waals surface area contributed by atoms with E-state index in [1.54, 1.807) is 25.3 Å². The van der Waals surface area contributed by atoms with Gasteiger partial charge in [-0.1, -0.05) is 23.2 Å². The topological polar surface area (TPSA) is 44.0 Å². The number of rotatable bonds is 5. The molecule has 0 spiro atoms. The summed E-state index contributed by atoms with van der Waals surface area (Å²) in [5, 5.41) is 2.60. The number of fused-ring (bicyclic) bond motifs is 1. The van der Waals surface area contributed by atoms with Crippen LogP contribution in [0.4, 0.5) is 5.69 Å². The van der Waals surface area contributed by atoms with E-state index >= 15 is 0 Å². The molecule has 0 aliphatic carbocycles. The van der Waals surface area contributed by atoms with Crippen LogP contribution in [0.1, 0.15) is 6.92 Å². The standard InChI is InChI=1S/C24H19Cl2NO3/c1-3-29-20-8-9-23-21(13-20)22(27-18-11-16(25)10-17(26)12-18)14-24(30-23)15-4-6-19(28-2)7-5-15/h4-14H,3H2,1-2H3. The smallest absolute Gasteiger partial charge is 0.137 e. The Bertz CT molecular complexity index is 1240. The van der Waals surface area contributed by atoms with Crippen molar-refractivity contribution < 1.29 is 13.9 Å². The van der Waals surface area contributed by atoms with E-state index in [0.717, 1.165) is 27.8 Å². The lowest BCUT2D eigenvalue weighted by Gasteiger charge is -2.08. The Balaban J connectivity index is 1.95. The monoisotopic (exact) mass is 439 g/mol. The van der Waals surface area contributed by atoms with Crippen molar-refractivity contribution in [2.45, 2.75) is 6.92 Å². The highest BCUT2D eigenvalue weighted by Crippen LogP contribution is 2.28. The maximum absolute atomic E-state index is 6.17. The Morgan fingerprint density at radius 3 is 2.23 bits per heavy atom. The fourth-order valence-corrected chi connectivity index (χ4v) is 3.65. The highest BCUT2D eigenvalue weighted by Gasteiger charge is 2.09. The average Bonchev–Trinajstić information content (AvgIpc) is 2.73. The summed E-state index contributed by atoms with van der Waals surface area (Å²) in [6.07, 6.45) is 0. The molecular weight excluding hydrogens is 421 g/mol. The summed E-state index contributed by atoms with van der Waals surface area (Å²) in [5.41, 5.74) is 2.26. The summed E-state index contributed by atoms with van der Waals surface area (Å²) < 4.78 is 17.1. The van der Waals surface area contributed by atoms with E-state index in [9.17, 15) is 0 Å². The summed E-state index contributed by atoms with van der Waals surface area (Å²) in [7, 11) is 1.64. The Kier molecular flexibility index (Phi) is 5.98. The maximum atomic E-state index is 6.17. The van der Waals surface area contributed by atoms with Crippen LogP contribution in [0.2, 0.25) is 10.0 Å². The van der Waals surface area contributed by atoms with Crippen LogP contribution >= 0.6 is 23.2 Å². The van der Waals surface area contributed by atoms with Gasteiger partial charge in [0.2, 0.25) is 0 Å². The normalized spacial score (nSPS) is 11.7. The van der Waals surface area contributed by atoms with Gasteiger partial charge in [-0.3, -0.25) is 0 Å². The molecule has 4 nitrogen and oxygen atoms in total. The quantitative estimate of drug-likeness (QED) is 0.334. The zero-order valence-corrected chi connectivity index (χ0v) is 18.0. The van der Waals surface area contributed by atoms with Gasteiger partial charge in [0, 0.05) is 27.1 Å². The molecule has 0 aliphatic rings. The molecule has 152 valence electrons. The zero-order chi connectivity index (χ0) is 21.1. The zero-order valence-electron chi connectivity index (χ0n) is 16.5. The second-order valence-electron chi connectivity index (χ2n) is 6.55. The molecule has 0 amide bonds. The third kappa shape index (κ3) is 4.45. The van der Waals surface area contributed by atoms with Crippen molar-refractivity contribution in [2.24, 2.45) is 4.99 Å². The number of hydrogen-bond acceptors (Lipinski definition) is 4. The lowest BCUT2D eigenvalue weighted by molar-refractivity contribution is 0.340. The molecule has 30 heavy (non-hydrogen) atoms. The predicted octanol–water partition coefficient (Wildman–Crippen LogP) is 7.05. The van der Waals surface area contributed by atoms with Crippen LogP contribution in [-0.2, 0) is 0 Å². The molecule has 0 aliphatic heterocycles. The van der Waals surface area contributed by atoms with Crippen LogP contribution in [0.15, 0.2) is 76.1 Å². The Morgan fingerprint density at radius 2 is 1.57 bits per heavy atom. The van der Waals surface area contributed by atoms with E-state index in [2.05, 4.69) is 0 Å². The summed E-state index contributed by atoms with van der Waals surface area (Å²) in [6.45, 7) is 2.52. The number of hydrogen-bond donors (Lipinski definition) is 0. The molecular formula is C24H19Cl2NO3. The van der Waals surface area contributed by atoms with Gasteiger partial charge in [-0.2, -0.15) is 0 Å². The SMILES string of the molecule is CCOc1ccc2oc(-c3ccc(OC)cc3)cc(=Nc3cc(Cl)cc(Cl)c3)c2c1. The Labute approximate surface area is 184 Å². The van der Waals surface area contributed by atoms with Gasteiger partial charge < -0.3 is 13.9 Å². The minimum Gasteiger partial charge on any atom is -0.497 e. The second-order valence-corrected chi connectivity index (χ2v) is 7.43. The van der Waals surface area contributed by atoms with Crippen molar-refractivity contribution >= 4 is 39.9 Å². The Morgan fingerprint density at radius 1 is 0.867 bits per heavy atom. The van der Waals surface area contributed by atoms with Crippen LogP contribution in [0, 0.1) is 0 Å². The van der Waals surface area contributed by atoms with Gasteiger partial charge in [0.25, 0.3) is 0 Å². The maximum Gasteiger partial charge on any atom is 0.137 e. The van der Waals surface area contributed by atoms with Crippen molar-refractivity contribution in [1.29, 1.82) is 0 Å². The number of ether oxygens (including phenoxy) is 2. The van der Waals surface area contributed by atoms with Gasteiger partial charge in [-0.15, -0.1) is 0 Å². The van der Waals surface area contributed by atoms with Gasteiger partial charge in [-0.25, -0.2) is 4.99 Å². The molecule has 3 aromatic carbocycles. The molecule has 1 aromatic heterocycles. The van der Waals surface area contributed by atoms with Gasteiger partial charge >= 0.3 is 0 Å². The lowest BCUT2D eigenvalue weighted by Crippen LogP contribution is -2.04. The van der Waals surface area contributed by atoms with Gasteiger partial charge in [0.05, 0.1) is 24.8 Å². The first-order chi connectivity index (χ1) is 14.6. The van der Waals surface area contributed by atoms with Crippen molar-refractivity contribution in [3.05, 3.63) is 82.1 Å². The van der Waals surface area contributed by atoms with Gasteiger partial charge in [-0.05, 0) is 67.6 Å². The fourth-order valence-electron chi connectivity index (χ4n) is 3.14. The van der Waals surface area contributed by atoms with Crippen LogP contribution in [-0.4, -0.2) is 13.7 Å². The van der Waals surface area contributed by atoms with E-state index in [0.29, 0.717) is 33.7 Å². The third-order valence-corrected chi connectivity index (χ3v) is 4.93. The number of halogens is 2. The molecule has 0 saturated carbocycles. The molecule has 0 unspecified atom stereocenters. The molecule has 0 N–H and O–H groups in total. The van der Waals surface area contributed by atoms with Crippen LogP contribution < -0.4 is 14.8 Å². The molecule has 6 heteroatoms. The van der Waals surface area contributed by atoms with E-state index in [1.165, 1.54) is 0 Å². The first kappa shape index (κ1) is 20.3. The number of nitrogens with zero attached hydrogens (tertiary/aromatic N) is 1. The molecule has 0 bridgehead atoms. The number of benzene rings is 3. The van der Waals surface area contributed by atoms with Crippen molar-refractivity contribution in [3.8, 4) is 22.8 Å². The van der Waals surface area contributed by atoms with E-state index < -0.39 is 0 Å². The van der Waals surface area contributed by atoms with Crippen LogP contribution in [0.25, 0.3) is 22.3 Å². The summed E-state index contributed by atoms with van der Waals surface area (Å²) in [6, 6.07) is 20.5. The van der Waals surface area contributed by atoms with Crippen molar-refractivity contribution in [3.63, 3.8) is 0 Å². The van der Waals surface area contributed by atoms with E-state index in [4.69, 9.17) is 42.1 Å². The van der Waals surface area contributed by atoms with Crippen LogP contribution in [0.5, 0.6) is 11.5 Å². The third-order valence-electron chi connectivity index (χ3n) is 4.50. The lowest BCUT2D eigenvalue weighted by atomic mass is 10.1. The predicted molar refractivity (Wildman–Crippen MR) is 121 cm³/mol. The Hall–Kier alpha value is -2.95. The van der Waals surface area contributed by atoms with E-state index in [-0.39, 0.29) is 0 Å². The highest BCUT2D eigenvalue weighted by atomic mass is 35.5. The number of methoxy groups -OCH3 is 1.